The molecule has 0 fully saturated rings. The number of carbonyl (C=O) groups excluding carboxylic acids is 2. The summed E-state index contributed by atoms with van der Waals surface area (Å²) in [4.78, 5) is 24.6. The van der Waals surface area contributed by atoms with Crippen LogP contribution < -0.4 is 5.32 Å². The summed E-state index contributed by atoms with van der Waals surface area (Å²) in [5, 5.41) is 3.17. The minimum absolute atomic E-state index is 0.0251. The Labute approximate surface area is 159 Å². The molecule has 2 aromatic carbocycles. The number of hydrogen-bond acceptors (Lipinski definition) is 3. The van der Waals surface area contributed by atoms with E-state index < -0.39 is 11.9 Å². The summed E-state index contributed by atoms with van der Waals surface area (Å²) in [6.07, 6.45) is 2.98. The molecule has 0 heterocycles. The van der Waals surface area contributed by atoms with Gasteiger partial charge in [-0.15, -0.1) is 0 Å². The van der Waals surface area contributed by atoms with Crippen molar-refractivity contribution in [1.29, 1.82) is 0 Å². The van der Waals surface area contributed by atoms with E-state index in [1.807, 2.05) is 0 Å². The average molecular weight is 421 g/mol. The average Bonchev–Trinajstić information content (AvgIpc) is 2.61. The minimum atomic E-state index is -0.652. The lowest BCUT2D eigenvalue weighted by molar-refractivity contribution is -0.138. The van der Waals surface area contributed by atoms with Crippen molar-refractivity contribution in [3.05, 3.63) is 87.5 Å². The smallest absolute Gasteiger partial charge is 0.355 e. The highest BCUT2D eigenvalue weighted by Gasteiger charge is 2.15. The van der Waals surface area contributed by atoms with Gasteiger partial charge in [-0.2, -0.15) is 0 Å². The Morgan fingerprint density at radius 1 is 1.12 bits per heavy atom. The zero-order chi connectivity index (χ0) is 18.2. The Balaban J connectivity index is 2.25. The summed E-state index contributed by atoms with van der Waals surface area (Å²) in [5.41, 5.74) is 1.14. The van der Waals surface area contributed by atoms with E-state index in [-0.39, 0.29) is 12.3 Å². The fourth-order valence-corrected chi connectivity index (χ4v) is 2.27. The molecule has 0 aliphatic carbocycles. The van der Waals surface area contributed by atoms with Crippen LogP contribution in [0.2, 0.25) is 5.02 Å². The number of ether oxygens (including phenoxy) is 1. The third-order valence-electron chi connectivity index (χ3n) is 3.09. The van der Waals surface area contributed by atoms with Crippen LogP contribution in [-0.4, -0.2) is 18.5 Å². The van der Waals surface area contributed by atoms with Gasteiger partial charge in [-0.05, 0) is 48.0 Å². The lowest BCUT2D eigenvalue weighted by atomic mass is 10.1. The van der Waals surface area contributed by atoms with E-state index in [1.54, 1.807) is 48.5 Å². The van der Waals surface area contributed by atoms with E-state index in [4.69, 9.17) is 16.3 Å². The largest absolute Gasteiger partial charge is 0.457 e. The molecule has 0 saturated heterocycles. The third-order valence-corrected chi connectivity index (χ3v) is 3.87. The van der Waals surface area contributed by atoms with Crippen molar-refractivity contribution < 1.29 is 14.3 Å². The highest BCUT2D eigenvalue weighted by Crippen LogP contribution is 2.14. The van der Waals surface area contributed by atoms with Gasteiger partial charge in [0.25, 0.3) is 5.91 Å². The van der Waals surface area contributed by atoms with Gasteiger partial charge >= 0.3 is 5.97 Å². The predicted molar refractivity (Wildman–Crippen MR) is 102 cm³/mol. The lowest BCUT2D eigenvalue weighted by Crippen LogP contribution is -2.28. The highest BCUT2D eigenvalue weighted by molar-refractivity contribution is 9.10. The van der Waals surface area contributed by atoms with E-state index in [2.05, 4.69) is 27.8 Å². The molecule has 1 amide bonds. The molecule has 1 N–H and O–H groups in total. The number of carbonyl (C=O) groups is 2. The van der Waals surface area contributed by atoms with E-state index in [9.17, 15) is 9.59 Å². The second-order valence-electron chi connectivity index (χ2n) is 4.96. The second kappa shape index (κ2) is 9.20. The molecule has 128 valence electrons. The van der Waals surface area contributed by atoms with Gasteiger partial charge in [0.1, 0.15) is 12.3 Å². The number of amides is 1. The molecule has 0 unspecified atom stereocenters. The van der Waals surface area contributed by atoms with E-state index >= 15 is 0 Å². The van der Waals surface area contributed by atoms with Crippen LogP contribution in [0.25, 0.3) is 6.08 Å². The molecule has 2 rings (SSSR count). The van der Waals surface area contributed by atoms with Crippen LogP contribution in [0.1, 0.15) is 15.9 Å². The first kappa shape index (κ1) is 19.0. The standard InChI is InChI=1S/C19H15BrClNO3/c1-2-11-25-19(24)17(12-13-3-9-16(21)10-4-13)22-18(23)14-5-7-15(20)8-6-14/h2-10,12H,1,11H2,(H,22,23). The summed E-state index contributed by atoms with van der Waals surface area (Å²) in [7, 11) is 0. The van der Waals surface area contributed by atoms with Gasteiger partial charge in [-0.25, -0.2) is 4.79 Å². The van der Waals surface area contributed by atoms with Gasteiger partial charge < -0.3 is 10.1 Å². The van der Waals surface area contributed by atoms with Crippen LogP contribution in [0.5, 0.6) is 0 Å². The zero-order valence-corrected chi connectivity index (χ0v) is 15.5. The van der Waals surface area contributed by atoms with Crippen molar-refractivity contribution in [3.63, 3.8) is 0 Å². The molecule has 0 spiro atoms. The summed E-state index contributed by atoms with van der Waals surface area (Å²) in [5.74, 6) is -1.07. The van der Waals surface area contributed by atoms with Crippen molar-refractivity contribution in [1.82, 2.24) is 5.32 Å². The molecular formula is C19H15BrClNO3. The Morgan fingerprint density at radius 2 is 1.76 bits per heavy atom. The maximum Gasteiger partial charge on any atom is 0.355 e. The number of esters is 1. The lowest BCUT2D eigenvalue weighted by Gasteiger charge is -2.10. The molecule has 0 radical (unpaired) electrons. The van der Waals surface area contributed by atoms with Crippen molar-refractivity contribution in [2.75, 3.05) is 6.61 Å². The van der Waals surface area contributed by atoms with E-state index in [0.29, 0.717) is 16.1 Å². The molecular weight excluding hydrogens is 406 g/mol. The number of halogens is 2. The van der Waals surface area contributed by atoms with Crippen molar-refractivity contribution in [2.24, 2.45) is 0 Å². The fraction of sp³-hybridized carbons (Fsp3) is 0.0526. The number of rotatable bonds is 6. The molecule has 0 bridgehead atoms. The molecule has 6 heteroatoms. The van der Waals surface area contributed by atoms with Crippen LogP contribution in [0.15, 0.2) is 71.4 Å². The maximum atomic E-state index is 12.4. The number of nitrogens with one attached hydrogen (secondary N) is 1. The van der Waals surface area contributed by atoms with Crippen molar-refractivity contribution in [2.45, 2.75) is 0 Å². The normalized spacial score (nSPS) is 10.9. The second-order valence-corrected chi connectivity index (χ2v) is 6.31. The zero-order valence-electron chi connectivity index (χ0n) is 13.2. The first-order valence-corrected chi connectivity index (χ1v) is 8.49. The Kier molecular flexibility index (Phi) is 6.98. The molecule has 2 aromatic rings. The molecule has 0 aliphatic rings. The Morgan fingerprint density at radius 3 is 2.36 bits per heavy atom. The van der Waals surface area contributed by atoms with Crippen LogP contribution in [0, 0.1) is 0 Å². The molecule has 4 nitrogen and oxygen atoms in total. The molecule has 0 atom stereocenters. The number of benzene rings is 2. The SMILES string of the molecule is C=CCOC(=O)C(=Cc1ccc(Cl)cc1)NC(=O)c1ccc(Br)cc1. The predicted octanol–water partition coefficient (Wildman–Crippen LogP) is 4.60. The summed E-state index contributed by atoms with van der Waals surface area (Å²) < 4.78 is 5.88. The quantitative estimate of drug-likeness (QED) is 0.422. The summed E-state index contributed by atoms with van der Waals surface area (Å²) in [6.45, 7) is 3.55. The highest BCUT2D eigenvalue weighted by atomic mass is 79.9. The van der Waals surface area contributed by atoms with Gasteiger partial charge in [-0.3, -0.25) is 4.79 Å². The third kappa shape index (κ3) is 5.89. The van der Waals surface area contributed by atoms with Crippen molar-refractivity contribution in [3.8, 4) is 0 Å². The van der Waals surface area contributed by atoms with Crippen LogP contribution >= 0.6 is 27.5 Å². The number of hydrogen-bond donors (Lipinski definition) is 1. The Bertz CT molecular complexity index is 798. The van der Waals surface area contributed by atoms with Gasteiger partial charge in [0.15, 0.2) is 0 Å². The van der Waals surface area contributed by atoms with Gasteiger partial charge in [0.05, 0.1) is 0 Å². The van der Waals surface area contributed by atoms with Crippen molar-refractivity contribution >= 4 is 45.5 Å². The van der Waals surface area contributed by atoms with E-state index in [0.717, 1.165) is 4.47 Å². The summed E-state index contributed by atoms with van der Waals surface area (Å²) in [6, 6.07) is 13.6. The monoisotopic (exact) mass is 419 g/mol. The molecule has 0 aromatic heterocycles. The maximum absolute atomic E-state index is 12.4. The van der Waals surface area contributed by atoms with Crippen LogP contribution in [0.4, 0.5) is 0 Å². The summed E-state index contributed by atoms with van der Waals surface area (Å²) >= 11 is 9.17. The molecule has 25 heavy (non-hydrogen) atoms. The van der Waals surface area contributed by atoms with E-state index in [1.165, 1.54) is 12.2 Å². The fourth-order valence-electron chi connectivity index (χ4n) is 1.88. The first-order valence-electron chi connectivity index (χ1n) is 7.32. The van der Waals surface area contributed by atoms with Crippen LogP contribution in [0.3, 0.4) is 0 Å². The van der Waals surface area contributed by atoms with Gasteiger partial charge in [0, 0.05) is 15.1 Å². The Hall–Kier alpha value is -2.37. The van der Waals surface area contributed by atoms with Crippen LogP contribution in [-0.2, 0) is 9.53 Å². The van der Waals surface area contributed by atoms with Gasteiger partial charge in [-0.1, -0.05) is 52.3 Å². The first-order chi connectivity index (χ1) is 12.0. The molecule has 0 aliphatic heterocycles. The molecule has 0 saturated carbocycles. The minimum Gasteiger partial charge on any atom is -0.457 e. The van der Waals surface area contributed by atoms with Gasteiger partial charge in [0.2, 0.25) is 0 Å². The topological polar surface area (TPSA) is 55.4 Å².